The number of ether oxygens (including phenoxy) is 2. The largest absolute Gasteiger partial charge is 0.491 e. The molecule has 0 aromatic heterocycles. The summed E-state index contributed by atoms with van der Waals surface area (Å²) in [7, 11) is 1.31. The molecule has 1 N–H and O–H groups in total. The monoisotopic (exact) mass is 544 g/mol. The zero-order valence-electron chi connectivity index (χ0n) is 21.3. The number of β-amino-alcohol motifs (C(OH)–C–C–N with tert-alkyl or cyclic N) is 1. The van der Waals surface area contributed by atoms with Crippen LogP contribution < -0.4 is 4.74 Å². The number of benzene rings is 2. The molecule has 0 bridgehead atoms. The minimum absolute atomic E-state index is 0.0660. The van der Waals surface area contributed by atoms with Gasteiger partial charge in [0.2, 0.25) is 0 Å². The predicted octanol–water partition coefficient (Wildman–Crippen LogP) is 4.54. The van der Waals surface area contributed by atoms with Gasteiger partial charge in [0, 0.05) is 30.3 Å². The third-order valence-corrected chi connectivity index (χ3v) is 7.82. The number of esters is 1. The molecule has 0 saturated heterocycles. The maximum atomic E-state index is 13.5. The second-order valence-corrected chi connectivity index (χ2v) is 10.3. The fourth-order valence-electron chi connectivity index (χ4n) is 5.02. The molecule has 3 unspecified atom stereocenters. The summed E-state index contributed by atoms with van der Waals surface area (Å²) in [6.45, 7) is 6.44. The van der Waals surface area contributed by atoms with Crippen LogP contribution in [0.3, 0.4) is 0 Å². The van der Waals surface area contributed by atoms with Gasteiger partial charge in [0.15, 0.2) is 5.78 Å². The summed E-state index contributed by atoms with van der Waals surface area (Å²) in [6.07, 6.45) is -0.815. The standard InChI is InChI=1S/C28H30Cl2N2O5/c1-15-7-5-10-23(16(15)2)37-14-18(33)11-32-12-21-26(22(34)13-32)25(19-8-6-9-20(29)27(19)30)24(17(3)31-21)28(35)36-4/h5-10,18,24-25,33H,11-14H2,1-4H3. The first-order valence-electron chi connectivity index (χ1n) is 12.0. The predicted molar refractivity (Wildman–Crippen MR) is 144 cm³/mol. The van der Waals surface area contributed by atoms with Crippen LogP contribution in [-0.4, -0.2) is 66.9 Å². The molecule has 2 aromatic rings. The molecule has 0 saturated carbocycles. The smallest absolute Gasteiger partial charge is 0.315 e. The van der Waals surface area contributed by atoms with Crippen molar-refractivity contribution >= 4 is 40.7 Å². The van der Waals surface area contributed by atoms with E-state index in [9.17, 15) is 14.7 Å². The zero-order chi connectivity index (χ0) is 26.9. The van der Waals surface area contributed by atoms with E-state index in [-0.39, 0.29) is 25.5 Å². The molecule has 0 amide bonds. The Morgan fingerprint density at radius 2 is 1.89 bits per heavy atom. The van der Waals surface area contributed by atoms with Crippen LogP contribution in [0.2, 0.25) is 10.0 Å². The fraction of sp³-hybridized carbons (Fsp3) is 0.393. The third kappa shape index (κ3) is 5.60. The second-order valence-electron chi connectivity index (χ2n) is 9.49. The van der Waals surface area contributed by atoms with Gasteiger partial charge in [0.1, 0.15) is 24.4 Å². The van der Waals surface area contributed by atoms with E-state index in [1.807, 2.05) is 36.9 Å². The molecule has 2 heterocycles. The number of rotatable bonds is 7. The van der Waals surface area contributed by atoms with Gasteiger partial charge in [-0.05, 0) is 49.6 Å². The van der Waals surface area contributed by atoms with Crippen LogP contribution in [0.1, 0.15) is 29.5 Å². The summed E-state index contributed by atoms with van der Waals surface area (Å²) in [4.78, 5) is 32.8. The molecule has 3 atom stereocenters. The van der Waals surface area contributed by atoms with Gasteiger partial charge in [-0.25, -0.2) is 0 Å². The topological polar surface area (TPSA) is 88.4 Å². The third-order valence-electron chi connectivity index (χ3n) is 6.98. The lowest BCUT2D eigenvalue weighted by atomic mass is 9.73. The number of Topliss-reactive ketones (excluding diaryl/α,β-unsaturated/α-hetero) is 1. The number of hydrogen-bond acceptors (Lipinski definition) is 7. The van der Waals surface area contributed by atoms with Gasteiger partial charge in [0.25, 0.3) is 0 Å². The summed E-state index contributed by atoms with van der Waals surface area (Å²) in [5, 5.41) is 11.3. The first-order chi connectivity index (χ1) is 17.6. The first-order valence-corrected chi connectivity index (χ1v) is 12.8. The Labute approximate surface area is 226 Å². The summed E-state index contributed by atoms with van der Waals surface area (Å²) >= 11 is 12.8. The molecule has 0 spiro atoms. The van der Waals surface area contributed by atoms with Crippen molar-refractivity contribution in [2.24, 2.45) is 10.9 Å². The van der Waals surface area contributed by atoms with Crippen LogP contribution >= 0.6 is 23.2 Å². The van der Waals surface area contributed by atoms with E-state index < -0.39 is 23.9 Å². The molecule has 2 aromatic carbocycles. The minimum atomic E-state index is -0.815. The normalized spacial score (nSPS) is 20.8. The van der Waals surface area contributed by atoms with E-state index in [4.69, 9.17) is 32.7 Å². The van der Waals surface area contributed by atoms with Gasteiger partial charge < -0.3 is 14.6 Å². The van der Waals surface area contributed by atoms with Crippen LogP contribution in [0.5, 0.6) is 5.75 Å². The van der Waals surface area contributed by atoms with Crippen LogP contribution in [0, 0.1) is 19.8 Å². The lowest BCUT2D eigenvalue weighted by Gasteiger charge is -2.38. The van der Waals surface area contributed by atoms with Crippen LogP contribution in [0.4, 0.5) is 0 Å². The van der Waals surface area contributed by atoms with E-state index in [1.54, 1.807) is 25.1 Å². The molecule has 2 aliphatic heterocycles. The maximum absolute atomic E-state index is 13.5. The number of hydrogen-bond donors (Lipinski definition) is 1. The average molecular weight is 545 g/mol. The van der Waals surface area contributed by atoms with E-state index in [2.05, 4.69) is 4.99 Å². The molecule has 37 heavy (non-hydrogen) atoms. The Kier molecular flexibility index (Phi) is 8.39. The second kappa shape index (κ2) is 11.4. The molecule has 4 rings (SSSR count). The number of nitrogens with zero attached hydrogens (tertiary/aromatic N) is 2. The Bertz CT molecular complexity index is 1290. The summed E-state index contributed by atoms with van der Waals surface area (Å²) in [5.41, 5.74) is 4.23. The number of aliphatic hydroxyl groups excluding tert-OH is 1. The highest BCUT2D eigenvalue weighted by Gasteiger charge is 2.45. The highest BCUT2D eigenvalue weighted by Crippen LogP contribution is 2.45. The van der Waals surface area contributed by atoms with Crippen molar-refractivity contribution in [3.63, 3.8) is 0 Å². The Morgan fingerprint density at radius 3 is 2.62 bits per heavy atom. The van der Waals surface area contributed by atoms with E-state index in [0.29, 0.717) is 39.1 Å². The number of halogens is 2. The van der Waals surface area contributed by atoms with Gasteiger partial charge in [-0.3, -0.25) is 19.5 Å². The van der Waals surface area contributed by atoms with Crippen molar-refractivity contribution in [3.8, 4) is 5.75 Å². The molecule has 2 aliphatic rings. The molecular weight excluding hydrogens is 515 g/mol. The summed E-state index contributed by atoms with van der Waals surface area (Å²) in [5.74, 6) is -1.43. The highest BCUT2D eigenvalue weighted by atomic mass is 35.5. The molecule has 0 fully saturated rings. The number of methoxy groups -OCH3 is 1. The highest BCUT2D eigenvalue weighted by molar-refractivity contribution is 6.42. The number of ketones is 1. The van der Waals surface area contributed by atoms with E-state index >= 15 is 0 Å². The fourth-order valence-corrected chi connectivity index (χ4v) is 5.44. The van der Waals surface area contributed by atoms with E-state index in [0.717, 1.165) is 16.9 Å². The molecule has 7 nitrogen and oxygen atoms in total. The van der Waals surface area contributed by atoms with Crippen molar-refractivity contribution in [3.05, 3.63) is 74.4 Å². The molecule has 196 valence electrons. The Balaban J connectivity index is 1.58. The lowest BCUT2D eigenvalue weighted by molar-refractivity contribution is -0.143. The van der Waals surface area contributed by atoms with Gasteiger partial charge in [-0.2, -0.15) is 0 Å². The van der Waals surface area contributed by atoms with Crippen LogP contribution in [-0.2, 0) is 14.3 Å². The van der Waals surface area contributed by atoms with Crippen LogP contribution in [0.15, 0.2) is 52.7 Å². The number of aliphatic imine (C=N–C) groups is 1. The maximum Gasteiger partial charge on any atom is 0.315 e. The lowest BCUT2D eigenvalue weighted by Crippen LogP contribution is -2.47. The van der Waals surface area contributed by atoms with Crippen molar-refractivity contribution in [2.45, 2.75) is 32.8 Å². The molecule has 0 aliphatic carbocycles. The van der Waals surface area contributed by atoms with Gasteiger partial charge in [-0.15, -0.1) is 0 Å². The average Bonchev–Trinajstić information content (AvgIpc) is 2.85. The number of aryl methyl sites for hydroxylation is 1. The molecule has 9 heteroatoms. The van der Waals surface area contributed by atoms with Gasteiger partial charge in [-0.1, -0.05) is 47.5 Å². The Hall–Kier alpha value is -2.71. The van der Waals surface area contributed by atoms with Crippen molar-refractivity contribution in [2.75, 3.05) is 33.4 Å². The van der Waals surface area contributed by atoms with Crippen LogP contribution in [0.25, 0.3) is 0 Å². The van der Waals surface area contributed by atoms with Crippen molar-refractivity contribution in [1.82, 2.24) is 4.90 Å². The Morgan fingerprint density at radius 1 is 1.16 bits per heavy atom. The van der Waals surface area contributed by atoms with E-state index in [1.165, 1.54) is 7.11 Å². The number of aliphatic hydroxyl groups is 1. The SMILES string of the molecule is COC(=O)C1C(C)=NC2=C(C(=O)CN(CC(O)COc3cccc(C)c3C)C2)C1c1cccc(Cl)c1Cl. The number of carbonyl (C=O) groups is 2. The van der Waals surface area contributed by atoms with Crippen molar-refractivity contribution in [1.29, 1.82) is 0 Å². The summed E-state index contributed by atoms with van der Waals surface area (Å²) < 4.78 is 10.9. The number of carbonyl (C=O) groups excluding carboxylic acids is 2. The summed E-state index contributed by atoms with van der Waals surface area (Å²) in [6, 6.07) is 11.0. The molecule has 0 radical (unpaired) electrons. The van der Waals surface area contributed by atoms with Gasteiger partial charge in [0.05, 0.1) is 29.4 Å². The quantitative estimate of drug-likeness (QED) is 0.515. The molecular formula is C28H30Cl2N2O5. The zero-order valence-corrected chi connectivity index (χ0v) is 22.8. The van der Waals surface area contributed by atoms with Crippen molar-refractivity contribution < 1.29 is 24.2 Å². The first kappa shape index (κ1) is 27.3. The minimum Gasteiger partial charge on any atom is -0.491 e. The van der Waals surface area contributed by atoms with Gasteiger partial charge >= 0.3 is 5.97 Å².